The van der Waals surface area contributed by atoms with E-state index in [9.17, 15) is 14.3 Å². The van der Waals surface area contributed by atoms with Gasteiger partial charge in [-0.2, -0.15) is 4.98 Å². The Hall–Kier alpha value is -2.74. The Bertz CT molecular complexity index is 878. The molecule has 0 spiro atoms. The van der Waals surface area contributed by atoms with Crippen LogP contribution in [0.15, 0.2) is 30.5 Å². The van der Waals surface area contributed by atoms with Gasteiger partial charge in [0.05, 0.1) is 19.3 Å². The fourth-order valence-electron chi connectivity index (χ4n) is 3.88. The van der Waals surface area contributed by atoms with Crippen molar-refractivity contribution >= 4 is 17.5 Å². The minimum atomic E-state index is -0.465. The number of nitrogens with zero attached hydrogens (tertiary/aromatic N) is 4. The van der Waals surface area contributed by atoms with Crippen molar-refractivity contribution in [1.29, 1.82) is 0 Å². The second-order valence-corrected chi connectivity index (χ2v) is 8.00. The molecule has 3 rings (SSSR count). The molecule has 7 nitrogen and oxygen atoms in total. The number of anilines is 2. The van der Waals surface area contributed by atoms with Gasteiger partial charge in [-0.25, -0.2) is 9.37 Å². The number of carbonyl (C=O) groups excluding carboxylic acids is 1. The van der Waals surface area contributed by atoms with Crippen molar-refractivity contribution in [3.8, 4) is 5.75 Å². The van der Waals surface area contributed by atoms with Gasteiger partial charge in [-0.05, 0) is 37.5 Å². The molecular formula is C23H31FN4O3. The molecule has 0 radical (unpaired) electrons. The number of ether oxygens (including phenoxy) is 1. The van der Waals surface area contributed by atoms with Gasteiger partial charge >= 0.3 is 0 Å². The summed E-state index contributed by atoms with van der Waals surface area (Å²) in [6.45, 7) is 7.75. The number of hydrogen-bond acceptors (Lipinski definition) is 7. The van der Waals surface area contributed by atoms with Crippen molar-refractivity contribution in [1.82, 2.24) is 9.97 Å². The standard InChI is InChI=1S/C23H31FN4O3/c1-4-27(11-12-29)23-25-14-21(24)22(26-23)28-10-9-20(15-28)31-19-7-5-18(6-8-19)16(2)13-17(3)30/h5-8,14,16,20,29H,4,9-13,15H2,1-3H3/t16-,20-/m1/s1. The molecule has 1 saturated heterocycles. The third kappa shape index (κ3) is 5.91. The Morgan fingerprint density at radius 1 is 1.39 bits per heavy atom. The molecule has 2 atom stereocenters. The average Bonchev–Trinajstić information content (AvgIpc) is 3.20. The van der Waals surface area contributed by atoms with E-state index >= 15 is 0 Å². The number of benzene rings is 1. The zero-order chi connectivity index (χ0) is 22.4. The van der Waals surface area contributed by atoms with Gasteiger partial charge in [0.2, 0.25) is 5.95 Å². The lowest BCUT2D eigenvalue weighted by atomic mass is 9.96. The van der Waals surface area contributed by atoms with E-state index in [-0.39, 0.29) is 30.2 Å². The van der Waals surface area contributed by atoms with Gasteiger partial charge < -0.3 is 24.4 Å². The first-order valence-electron chi connectivity index (χ1n) is 10.8. The molecule has 0 unspecified atom stereocenters. The molecule has 1 fully saturated rings. The molecule has 1 aromatic heterocycles. The zero-order valence-corrected chi connectivity index (χ0v) is 18.4. The molecule has 168 valence electrons. The van der Waals surface area contributed by atoms with Gasteiger partial charge in [-0.3, -0.25) is 0 Å². The Balaban J connectivity index is 1.63. The minimum absolute atomic E-state index is 0.0180. The zero-order valence-electron chi connectivity index (χ0n) is 18.4. The molecule has 0 aliphatic carbocycles. The highest BCUT2D eigenvalue weighted by molar-refractivity contribution is 5.76. The van der Waals surface area contributed by atoms with Crippen molar-refractivity contribution < 1.29 is 19.0 Å². The summed E-state index contributed by atoms with van der Waals surface area (Å²) in [7, 11) is 0. The van der Waals surface area contributed by atoms with E-state index in [1.54, 1.807) is 6.92 Å². The normalized spacial score (nSPS) is 16.9. The summed E-state index contributed by atoms with van der Waals surface area (Å²) in [5, 5.41) is 9.21. The van der Waals surface area contributed by atoms with E-state index in [2.05, 4.69) is 9.97 Å². The predicted molar refractivity (Wildman–Crippen MR) is 118 cm³/mol. The number of halogens is 1. The largest absolute Gasteiger partial charge is 0.489 e. The number of aromatic nitrogens is 2. The van der Waals surface area contributed by atoms with Crippen molar-refractivity contribution in [2.75, 3.05) is 42.6 Å². The lowest BCUT2D eigenvalue weighted by molar-refractivity contribution is -0.117. The number of ketones is 1. The summed E-state index contributed by atoms with van der Waals surface area (Å²) >= 11 is 0. The van der Waals surface area contributed by atoms with Gasteiger partial charge in [0.25, 0.3) is 0 Å². The van der Waals surface area contributed by atoms with E-state index in [0.29, 0.717) is 38.5 Å². The molecular weight excluding hydrogens is 399 g/mol. The van der Waals surface area contributed by atoms with Crippen LogP contribution >= 0.6 is 0 Å². The highest BCUT2D eigenvalue weighted by Gasteiger charge is 2.28. The van der Waals surface area contributed by atoms with Crippen molar-refractivity contribution in [2.45, 2.75) is 45.6 Å². The number of carbonyl (C=O) groups is 1. The first kappa shape index (κ1) is 22.9. The van der Waals surface area contributed by atoms with Crippen LogP contribution in [-0.4, -0.2) is 59.7 Å². The van der Waals surface area contributed by atoms with Crippen LogP contribution in [0, 0.1) is 5.82 Å². The van der Waals surface area contributed by atoms with Crippen LogP contribution in [0.5, 0.6) is 5.75 Å². The van der Waals surface area contributed by atoms with Crippen molar-refractivity contribution in [3.63, 3.8) is 0 Å². The van der Waals surface area contributed by atoms with Gasteiger partial charge in [-0.1, -0.05) is 19.1 Å². The number of Topliss-reactive ketones (excluding diaryl/α,β-unsaturated/α-hetero) is 1. The topological polar surface area (TPSA) is 78.8 Å². The molecule has 1 aliphatic heterocycles. The molecule has 31 heavy (non-hydrogen) atoms. The summed E-state index contributed by atoms with van der Waals surface area (Å²) in [6.07, 6.45) is 2.40. The van der Waals surface area contributed by atoms with Crippen molar-refractivity contribution in [2.24, 2.45) is 0 Å². The lowest BCUT2D eigenvalue weighted by Gasteiger charge is -2.23. The summed E-state index contributed by atoms with van der Waals surface area (Å²) in [5.74, 6) is 1.32. The fourth-order valence-corrected chi connectivity index (χ4v) is 3.88. The van der Waals surface area contributed by atoms with E-state index in [1.807, 2.05) is 47.9 Å². The van der Waals surface area contributed by atoms with Gasteiger partial charge in [0, 0.05) is 32.5 Å². The first-order valence-corrected chi connectivity index (χ1v) is 10.8. The number of aliphatic hydroxyl groups is 1. The molecule has 0 saturated carbocycles. The van der Waals surface area contributed by atoms with Crippen LogP contribution in [0.3, 0.4) is 0 Å². The predicted octanol–water partition coefficient (Wildman–Crippen LogP) is 3.17. The maximum absolute atomic E-state index is 14.4. The maximum Gasteiger partial charge on any atom is 0.227 e. The Morgan fingerprint density at radius 3 is 2.77 bits per heavy atom. The maximum atomic E-state index is 14.4. The molecule has 1 aromatic carbocycles. The fraction of sp³-hybridized carbons (Fsp3) is 0.522. The molecule has 8 heteroatoms. The van der Waals surface area contributed by atoms with Crippen LogP contribution in [0.25, 0.3) is 0 Å². The van der Waals surface area contributed by atoms with E-state index in [0.717, 1.165) is 17.7 Å². The second-order valence-electron chi connectivity index (χ2n) is 8.00. The summed E-state index contributed by atoms with van der Waals surface area (Å²) < 4.78 is 20.5. The molecule has 0 amide bonds. The first-order chi connectivity index (χ1) is 14.9. The summed E-state index contributed by atoms with van der Waals surface area (Å²) in [5.41, 5.74) is 1.11. The Kier molecular flexibility index (Phi) is 7.79. The van der Waals surface area contributed by atoms with Crippen LogP contribution in [0.2, 0.25) is 0 Å². The van der Waals surface area contributed by atoms with Crippen molar-refractivity contribution in [3.05, 3.63) is 41.8 Å². The number of hydrogen-bond donors (Lipinski definition) is 1. The van der Waals surface area contributed by atoms with Gasteiger partial charge in [-0.15, -0.1) is 0 Å². The second kappa shape index (κ2) is 10.5. The SMILES string of the molecule is CCN(CCO)c1ncc(F)c(N2CC[C@@H](Oc3ccc([C@H](C)CC(C)=O)cc3)C2)n1. The Labute approximate surface area is 182 Å². The molecule has 0 bridgehead atoms. The average molecular weight is 431 g/mol. The molecule has 2 heterocycles. The molecule has 2 aromatic rings. The summed E-state index contributed by atoms with van der Waals surface area (Å²) in [4.78, 5) is 23.5. The van der Waals surface area contributed by atoms with Crippen LogP contribution in [0.1, 0.15) is 45.1 Å². The number of rotatable bonds is 10. The smallest absolute Gasteiger partial charge is 0.227 e. The van der Waals surface area contributed by atoms with Gasteiger partial charge in [0.15, 0.2) is 11.6 Å². The third-order valence-electron chi connectivity index (χ3n) is 5.54. The van der Waals surface area contributed by atoms with Crippen LogP contribution in [-0.2, 0) is 4.79 Å². The number of likely N-dealkylation sites (N-methyl/N-ethyl adjacent to an activating group) is 1. The van der Waals surface area contributed by atoms with Crippen LogP contribution in [0.4, 0.5) is 16.2 Å². The summed E-state index contributed by atoms with van der Waals surface area (Å²) in [6, 6.07) is 7.83. The molecule has 1 N–H and O–H groups in total. The highest BCUT2D eigenvalue weighted by Crippen LogP contribution is 2.27. The molecule has 1 aliphatic rings. The highest BCUT2D eigenvalue weighted by atomic mass is 19.1. The van der Waals surface area contributed by atoms with E-state index < -0.39 is 5.82 Å². The lowest BCUT2D eigenvalue weighted by Crippen LogP contribution is -2.30. The number of aliphatic hydroxyl groups excluding tert-OH is 1. The van der Waals surface area contributed by atoms with E-state index in [4.69, 9.17) is 4.74 Å². The minimum Gasteiger partial charge on any atom is -0.489 e. The van der Waals surface area contributed by atoms with E-state index in [1.165, 1.54) is 6.20 Å². The van der Waals surface area contributed by atoms with Crippen LogP contribution < -0.4 is 14.5 Å². The Morgan fingerprint density at radius 2 is 2.13 bits per heavy atom. The quantitative estimate of drug-likeness (QED) is 0.620. The van der Waals surface area contributed by atoms with Gasteiger partial charge in [0.1, 0.15) is 17.6 Å². The third-order valence-corrected chi connectivity index (χ3v) is 5.54. The monoisotopic (exact) mass is 430 g/mol.